The smallest absolute Gasteiger partial charge is 0.222 e. The number of imidazole rings is 1. The molecule has 1 N–H and O–H groups in total. The molecule has 2 aromatic rings. The van der Waals surface area contributed by atoms with Crippen LogP contribution in [0.4, 0.5) is 0 Å². The van der Waals surface area contributed by atoms with Crippen molar-refractivity contribution in [3.05, 3.63) is 29.0 Å². The van der Waals surface area contributed by atoms with Crippen LogP contribution in [0.2, 0.25) is 5.02 Å². The first-order valence-electron chi connectivity index (χ1n) is 9.11. The van der Waals surface area contributed by atoms with Gasteiger partial charge >= 0.3 is 0 Å². The fourth-order valence-electron chi connectivity index (χ4n) is 3.54. The van der Waals surface area contributed by atoms with E-state index < -0.39 is 0 Å². The molecule has 0 spiro atoms. The van der Waals surface area contributed by atoms with Gasteiger partial charge in [-0.05, 0) is 51.1 Å². The maximum atomic E-state index is 12.4. The minimum Gasteiger partial charge on any atom is -0.345 e. The summed E-state index contributed by atoms with van der Waals surface area (Å²) in [5.41, 5.74) is 1.85. The van der Waals surface area contributed by atoms with Crippen LogP contribution in [0, 0.1) is 0 Å². The third kappa shape index (κ3) is 4.73. The van der Waals surface area contributed by atoms with Crippen molar-refractivity contribution in [1.82, 2.24) is 19.8 Å². The average Bonchev–Trinajstić information content (AvgIpc) is 3.00. The molecular formula is C19H27ClN4O. The Morgan fingerprint density at radius 2 is 2.28 bits per heavy atom. The van der Waals surface area contributed by atoms with Crippen LogP contribution in [0.25, 0.3) is 11.0 Å². The second-order valence-corrected chi connectivity index (χ2v) is 7.52. The molecule has 1 aliphatic rings. The lowest BCUT2D eigenvalue weighted by atomic mass is 9.98. The van der Waals surface area contributed by atoms with Crippen LogP contribution >= 0.6 is 11.6 Å². The average molecular weight is 363 g/mol. The van der Waals surface area contributed by atoms with Gasteiger partial charge in [-0.2, -0.15) is 0 Å². The van der Waals surface area contributed by atoms with Crippen LogP contribution in [0.3, 0.4) is 0 Å². The van der Waals surface area contributed by atoms with Crippen molar-refractivity contribution in [2.75, 3.05) is 27.2 Å². The molecular weight excluding hydrogens is 336 g/mol. The second-order valence-electron chi connectivity index (χ2n) is 7.08. The molecule has 0 radical (unpaired) electrons. The molecule has 25 heavy (non-hydrogen) atoms. The number of aromatic nitrogens is 2. The summed E-state index contributed by atoms with van der Waals surface area (Å²) in [7, 11) is 4.05. The first-order chi connectivity index (χ1) is 12.0. The lowest BCUT2D eigenvalue weighted by molar-refractivity contribution is -0.130. The van der Waals surface area contributed by atoms with E-state index in [1.165, 1.54) is 19.3 Å². The molecule has 1 amide bonds. The third-order valence-electron chi connectivity index (χ3n) is 5.22. The monoisotopic (exact) mass is 362 g/mol. The Morgan fingerprint density at radius 3 is 3.08 bits per heavy atom. The number of nitrogens with one attached hydrogen (secondary N) is 1. The van der Waals surface area contributed by atoms with Crippen LogP contribution in [0.1, 0.15) is 37.9 Å². The fraction of sp³-hybridized carbons (Fsp3) is 0.579. The Kier molecular flexibility index (Phi) is 5.97. The number of likely N-dealkylation sites (tertiary alicyclic amines) is 1. The predicted molar refractivity (Wildman–Crippen MR) is 102 cm³/mol. The van der Waals surface area contributed by atoms with Crippen molar-refractivity contribution in [2.45, 2.75) is 44.6 Å². The van der Waals surface area contributed by atoms with Crippen LogP contribution in [-0.2, 0) is 11.2 Å². The molecule has 1 aromatic heterocycles. The molecule has 0 saturated carbocycles. The summed E-state index contributed by atoms with van der Waals surface area (Å²) in [6, 6.07) is 6.19. The van der Waals surface area contributed by atoms with E-state index in [2.05, 4.69) is 21.9 Å². The zero-order valence-corrected chi connectivity index (χ0v) is 15.9. The maximum absolute atomic E-state index is 12.4. The van der Waals surface area contributed by atoms with Gasteiger partial charge in [-0.3, -0.25) is 4.79 Å². The van der Waals surface area contributed by atoms with Gasteiger partial charge in [0.25, 0.3) is 0 Å². The van der Waals surface area contributed by atoms with Gasteiger partial charge in [-0.15, -0.1) is 0 Å². The molecule has 1 atom stereocenters. The highest BCUT2D eigenvalue weighted by atomic mass is 35.5. The first-order valence-corrected chi connectivity index (χ1v) is 9.49. The highest BCUT2D eigenvalue weighted by molar-refractivity contribution is 6.31. The number of H-pyrrole nitrogens is 1. The van der Waals surface area contributed by atoms with Gasteiger partial charge in [0.05, 0.1) is 11.0 Å². The molecule has 0 bridgehead atoms. The number of likely N-dealkylation sites (N-methyl/N-ethyl adjacent to an activating group) is 1. The Labute approximate surface area is 154 Å². The van der Waals surface area contributed by atoms with Crippen molar-refractivity contribution in [3.63, 3.8) is 0 Å². The molecule has 1 aromatic carbocycles. The predicted octanol–water partition coefficient (Wildman–Crippen LogP) is 3.48. The van der Waals surface area contributed by atoms with E-state index in [-0.39, 0.29) is 5.91 Å². The summed E-state index contributed by atoms with van der Waals surface area (Å²) in [5, 5.41) is 0.697. The SMILES string of the molecule is CN(CCc1nc2ccc(Cl)cc2[nH]1)C(=O)CC[C@H]1CCCCN1C. The van der Waals surface area contributed by atoms with E-state index in [4.69, 9.17) is 11.6 Å². The third-order valence-corrected chi connectivity index (χ3v) is 5.45. The summed E-state index contributed by atoms with van der Waals surface area (Å²) < 4.78 is 0. The normalized spacial score (nSPS) is 18.6. The quantitative estimate of drug-likeness (QED) is 0.855. The van der Waals surface area contributed by atoms with Crippen LogP contribution in [0.5, 0.6) is 0 Å². The van der Waals surface area contributed by atoms with E-state index in [0.29, 0.717) is 24.0 Å². The molecule has 0 unspecified atom stereocenters. The number of carbonyl (C=O) groups is 1. The molecule has 1 aliphatic heterocycles. The number of rotatable bonds is 6. The number of hydrogen-bond acceptors (Lipinski definition) is 3. The molecule has 1 saturated heterocycles. The summed E-state index contributed by atoms with van der Waals surface area (Å²) >= 11 is 6.00. The molecule has 5 nitrogen and oxygen atoms in total. The minimum absolute atomic E-state index is 0.220. The summed E-state index contributed by atoms with van der Waals surface area (Å²) in [4.78, 5) is 24.4. The van der Waals surface area contributed by atoms with E-state index >= 15 is 0 Å². The largest absolute Gasteiger partial charge is 0.345 e. The highest BCUT2D eigenvalue weighted by Crippen LogP contribution is 2.20. The van der Waals surface area contributed by atoms with Gasteiger partial charge in [-0.1, -0.05) is 18.0 Å². The van der Waals surface area contributed by atoms with Crippen molar-refractivity contribution in [3.8, 4) is 0 Å². The standard InChI is InChI=1S/C19H27ClN4O/c1-23-11-4-3-5-15(23)7-9-19(25)24(2)12-10-18-21-16-8-6-14(20)13-17(16)22-18/h6,8,13,15H,3-5,7,9-12H2,1-2H3,(H,21,22)/t15-/m1/s1. The summed E-state index contributed by atoms with van der Waals surface area (Å²) in [6.45, 7) is 1.83. The van der Waals surface area contributed by atoms with Crippen molar-refractivity contribution >= 4 is 28.5 Å². The minimum atomic E-state index is 0.220. The van der Waals surface area contributed by atoms with Gasteiger partial charge in [0, 0.05) is 37.5 Å². The number of hydrogen-bond donors (Lipinski definition) is 1. The number of benzene rings is 1. The maximum Gasteiger partial charge on any atom is 0.222 e. The van der Waals surface area contributed by atoms with Gasteiger partial charge in [0.15, 0.2) is 0 Å². The lowest BCUT2D eigenvalue weighted by Gasteiger charge is -2.32. The van der Waals surface area contributed by atoms with Gasteiger partial charge in [0.2, 0.25) is 5.91 Å². The Balaban J connectivity index is 1.47. The molecule has 3 rings (SSSR count). The number of carbonyl (C=O) groups excluding carboxylic acids is 1. The topological polar surface area (TPSA) is 52.2 Å². The van der Waals surface area contributed by atoms with Crippen molar-refractivity contribution in [2.24, 2.45) is 0 Å². The summed E-state index contributed by atoms with van der Waals surface area (Å²) in [6.07, 6.45) is 6.09. The highest BCUT2D eigenvalue weighted by Gasteiger charge is 2.20. The number of amides is 1. The number of halogens is 1. The molecule has 6 heteroatoms. The van der Waals surface area contributed by atoms with Gasteiger partial charge in [0.1, 0.15) is 5.82 Å². The van der Waals surface area contributed by atoms with Crippen LogP contribution in [-0.4, -0.2) is 58.9 Å². The van der Waals surface area contributed by atoms with E-state index in [0.717, 1.165) is 36.2 Å². The number of nitrogens with zero attached hydrogens (tertiary/aromatic N) is 3. The number of aromatic amines is 1. The molecule has 1 fully saturated rings. The lowest BCUT2D eigenvalue weighted by Crippen LogP contribution is -2.37. The molecule has 2 heterocycles. The van der Waals surface area contributed by atoms with Gasteiger partial charge < -0.3 is 14.8 Å². The number of fused-ring (bicyclic) bond motifs is 1. The number of piperidine rings is 1. The fourth-order valence-corrected chi connectivity index (χ4v) is 3.71. The first kappa shape index (κ1) is 18.2. The van der Waals surface area contributed by atoms with E-state index in [1.54, 1.807) is 0 Å². The Bertz CT molecular complexity index is 729. The van der Waals surface area contributed by atoms with Crippen molar-refractivity contribution < 1.29 is 4.79 Å². The van der Waals surface area contributed by atoms with Crippen molar-refractivity contribution in [1.29, 1.82) is 0 Å². The second kappa shape index (κ2) is 8.19. The zero-order chi connectivity index (χ0) is 17.8. The van der Waals surface area contributed by atoms with E-state index in [1.807, 2.05) is 30.1 Å². The zero-order valence-electron chi connectivity index (χ0n) is 15.1. The Morgan fingerprint density at radius 1 is 1.44 bits per heavy atom. The van der Waals surface area contributed by atoms with Crippen LogP contribution < -0.4 is 0 Å². The molecule has 136 valence electrons. The summed E-state index contributed by atoms with van der Waals surface area (Å²) in [5.74, 6) is 1.11. The van der Waals surface area contributed by atoms with Crippen LogP contribution in [0.15, 0.2) is 18.2 Å². The van der Waals surface area contributed by atoms with Gasteiger partial charge in [-0.25, -0.2) is 4.98 Å². The molecule has 0 aliphatic carbocycles. The Hall–Kier alpha value is -1.59. The van der Waals surface area contributed by atoms with E-state index in [9.17, 15) is 4.79 Å².